The van der Waals surface area contributed by atoms with Crippen molar-refractivity contribution in [1.29, 1.82) is 0 Å². The molecule has 1 saturated carbocycles. The topological polar surface area (TPSA) is 45.5 Å². The first-order valence-corrected chi connectivity index (χ1v) is 7.47. The highest BCUT2D eigenvalue weighted by Crippen LogP contribution is 2.38. The highest BCUT2D eigenvalue weighted by atomic mass is 15.2. The summed E-state index contributed by atoms with van der Waals surface area (Å²) in [4.78, 5) is 11.4. The zero-order valence-electron chi connectivity index (χ0n) is 12.5. The van der Waals surface area contributed by atoms with E-state index in [0.29, 0.717) is 0 Å². The number of nitrogens with one attached hydrogen (secondary N) is 1. The highest BCUT2D eigenvalue weighted by Gasteiger charge is 2.33. The van der Waals surface area contributed by atoms with Crippen molar-refractivity contribution >= 4 is 17.3 Å². The van der Waals surface area contributed by atoms with Gasteiger partial charge < -0.3 is 14.6 Å². The maximum absolute atomic E-state index is 4.75. The van der Waals surface area contributed by atoms with Crippen LogP contribution < -0.4 is 10.2 Å². The summed E-state index contributed by atoms with van der Waals surface area (Å²) in [5.74, 6) is 3.55. The molecule has 2 aromatic rings. The Hall–Kier alpha value is -1.78. The first-order valence-electron chi connectivity index (χ1n) is 7.47. The lowest BCUT2D eigenvalue weighted by atomic mass is 10.3. The third-order valence-corrected chi connectivity index (χ3v) is 4.06. The van der Waals surface area contributed by atoms with Gasteiger partial charge in [0, 0.05) is 32.5 Å². The van der Waals surface area contributed by atoms with Crippen molar-refractivity contribution in [2.45, 2.75) is 26.7 Å². The molecule has 2 unspecified atom stereocenters. The predicted molar refractivity (Wildman–Crippen MR) is 82.3 cm³/mol. The summed E-state index contributed by atoms with van der Waals surface area (Å²) in [6, 6.07) is 0. The molecule has 5 heteroatoms. The number of fused-ring (bicyclic) bond motifs is 1. The molecule has 0 aromatic carbocycles. The number of aromatic nitrogens is 3. The second-order valence-corrected chi connectivity index (χ2v) is 5.89. The summed E-state index contributed by atoms with van der Waals surface area (Å²) in [6.07, 6.45) is 8.25. The van der Waals surface area contributed by atoms with E-state index >= 15 is 0 Å². The number of nitrogens with zero attached hydrogens (tertiary/aromatic N) is 4. The van der Waals surface area contributed by atoms with Crippen LogP contribution in [0.2, 0.25) is 0 Å². The molecule has 20 heavy (non-hydrogen) atoms. The number of rotatable bonds is 6. The molecule has 2 aromatic heterocycles. The van der Waals surface area contributed by atoms with Crippen LogP contribution in [0, 0.1) is 11.8 Å². The highest BCUT2D eigenvalue weighted by molar-refractivity contribution is 5.66. The Morgan fingerprint density at radius 3 is 3.00 bits per heavy atom. The van der Waals surface area contributed by atoms with Gasteiger partial charge in [0.05, 0.1) is 6.20 Å². The minimum Gasteiger partial charge on any atom is -0.369 e. The molecule has 0 amide bonds. The Labute approximate surface area is 120 Å². The summed E-state index contributed by atoms with van der Waals surface area (Å²) in [5.41, 5.74) is 0.933. The Kier molecular flexibility index (Phi) is 3.51. The van der Waals surface area contributed by atoms with E-state index in [0.717, 1.165) is 48.6 Å². The van der Waals surface area contributed by atoms with Gasteiger partial charge in [-0.2, -0.15) is 0 Å². The van der Waals surface area contributed by atoms with Crippen molar-refractivity contribution in [3.8, 4) is 0 Å². The van der Waals surface area contributed by atoms with E-state index in [9.17, 15) is 0 Å². The molecule has 0 aliphatic heterocycles. The lowest BCUT2D eigenvalue weighted by Crippen LogP contribution is -2.23. The molecule has 0 spiro atoms. The fraction of sp³-hybridized carbons (Fsp3) is 0.600. The minimum absolute atomic E-state index is 0.809. The van der Waals surface area contributed by atoms with Crippen LogP contribution >= 0.6 is 0 Å². The molecule has 0 saturated heterocycles. The average molecular weight is 273 g/mol. The van der Waals surface area contributed by atoms with Gasteiger partial charge in [-0.25, -0.2) is 9.97 Å². The first-order chi connectivity index (χ1) is 9.69. The third-order valence-electron chi connectivity index (χ3n) is 4.06. The van der Waals surface area contributed by atoms with Gasteiger partial charge in [-0.15, -0.1) is 0 Å². The normalized spacial score (nSPS) is 21.1. The molecule has 1 fully saturated rings. The van der Waals surface area contributed by atoms with E-state index in [4.69, 9.17) is 4.98 Å². The Morgan fingerprint density at radius 1 is 1.50 bits per heavy atom. The van der Waals surface area contributed by atoms with Crippen LogP contribution in [0.1, 0.15) is 26.7 Å². The van der Waals surface area contributed by atoms with Crippen LogP contribution in [0.4, 0.5) is 11.6 Å². The quantitative estimate of drug-likeness (QED) is 0.879. The van der Waals surface area contributed by atoms with Crippen molar-refractivity contribution in [2.24, 2.45) is 11.8 Å². The van der Waals surface area contributed by atoms with Crippen LogP contribution in [0.15, 0.2) is 18.6 Å². The van der Waals surface area contributed by atoms with Gasteiger partial charge in [0.25, 0.3) is 0 Å². The molecule has 0 bridgehead atoms. The molecule has 1 aliphatic carbocycles. The zero-order valence-corrected chi connectivity index (χ0v) is 12.5. The molecule has 0 radical (unpaired) electrons. The number of hydrogen-bond donors (Lipinski definition) is 1. The summed E-state index contributed by atoms with van der Waals surface area (Å²) in [5, 5.41) is 3.36. The van der Waals surface area contributed by atoms with E-state index in [-0.39, 0.29) is 0 Å². The smallest absolute Gasteiger partial charge is 0.180 e. The number of imidazole rings is 1. The largest absolute Gasteiger partial charge is 0.369 e. The summed E-state index contributed by atoms with van der Waals surface area (Å²) >= 11 is 0. The Balaban J connectivity index is 1.88. The van der Waals surface area contributed by atoms with Crippen molar-refractivity contribution in [3.05, 3.63) is 18.6 Å². The molecular formula is C15H23N5. The Bertz CT molecular complexity index is 591. The molecule has 3 rings (SSSR count). The number of anilines is 2. The minimum atomic E-state index is 0.809. The van der Waals surface area contributed by atoms with E-state index in [1.807, 2.05) is 23.0 Å². The SMILES string of the molecule is CCCNc1cn2ccnc2c(N(C)CC2CC2C)n1. The molecule has 108 valence electrons. The Morgan fingerprint density at radius 2 is 2.30 bits per heavy atom. The lowest BCUT2D eigenvalue weighted by Gasteiger charge is -2.19. The fourth-order valence-electron chi connectivity index (χ4n) is 2.60. The molecular weight excluding hydrogens is 250 g/mol. The van der Waals surface area contributed by atoms with Crippen LogP contribution in [-0.4, -0.2) is 34.5 Å². The van der Waals surface area contributed by atoms with Gasteiger partial charge in [-0.05, 0) is 24.7 Å². The molecule has 2 heterocycles. The monoisotopic (exact) mass is 273 g/mol. The van der Waals surface area contributed by atoms with Gasteiger partial charge in [0.2, 0.25) is 0 Å². The van der Waals surface area contributed by atoms with Gasteiger partial charge in [0.1, 0.15) is 5.82 Å². The predicted octanol–water partition coefficient (Wildman–Crippen LogP) is 2.64. The van der Waals surface area contributed by atoms with Gasteiger partial charge in [-0.1, -0.05) is 13.8 Å². The molecule has 5 nitrogen and oxygen atoms in total. The van der Waals surface area contributed by atoms with Crippen LogP contribution in [0.3, 0.4) is 0 Å². The molecule has 1 aliphatic rings. The van der Waals surface area contributed by atoms with Crippen LogP contribution in [0.5, 0.6) is 0 Å². The number of hydrogen-bond acceptors (Lipinski definition) is 4. The maximum Gasteiger partial charge on any atom is 0.180 e. The van der Waals surface area contributed by atoms with Gasteiger partial charge >= 0.3 is 0 Å². The van der Waals surface area contributed by atoms with E-state index in [1.54, 1.807) is 0 Å². The van der Waals surface area contributed by atoms with Crippen LogP contribution in [0.25, 0.3) is 5.65 Å². The summed E-state index contributed by atoms with van der Waals surface area (Å²) in [6.45, 7) is 6.48. The molecule has 2 atom stereocenters. The second kappa shape index (κ2) is 5.31. The fourth-order valence-corrected chi connectivity index (χ4v) is 2.60. The first kappa shape index (κ1) is 13.2. The molecule has 1 N–H and O–H groups in total. The summed E-state index contributed by atoms with van der Waals surface area (Å²) in [7, 11) is 2.12. The average Bonchev–Trinajstić information content (AvgIpc) is 2.93. The van der Waals surface area contributed by atoms with Crippen molar-refractivity contribution in [3.63, 3.8) is 0 Å². The lowest BCUT2D eigenvalue weighted by molar-refractivity contribution is 0.719. The van der Waals surface area contributed by atoms with Crippen molar-refractivity contribution in [2.75, 3.05) is 30.4 Å². The van der Waals surface area contributed by atoms with Crippen molar-refractivity contribution < 1.29 is 0 Å². The third kappa shape index (κ3) is 2.57. The van der Waals surface area contributed by atoms with Crippen molar-refractivity contribution in [1.82, 2.24) is 14.4 Å². The summed E-state index contributed by atoms with van der Waals surface area (Å²) < 4.78 is 2.05. The maximum atomic E-state index is 4.75. The standard InChI is InChI=1S/C15H23N5/c1-4-5-16-13-10-20-7-6-17-14(20)15(18-13)19(3)9-12-8-11(12)2/h6-7,10-12,16H,4-5,8-9H2,1-3H3. The second-order valence-electron chi connectivity index (χ2n) is 5.89. The van der Waals surface area contributed by atoms with E-state index in [1.165, 1.54) is 6.42 Å². The van der Waals surface area contributed by atoms with E-state index in [2.05, 4.69) is 36.1 Å². The zero-order chi connectivity index (χ0) is 14.1. The van der Waals surface area contributed by atoms with Gasteiger partial charge in [-0.3, -0.25) is 0 Å². The van der Waals surface area contributed by atoms with E-state index < -0.39 is 0 Å². The van der Waals surface area contributed by atoms with Crippen LogP contribution in [-0.2, 0) is 0 Å². The van der Waals surface area contributed by atoms with Gasteiger partial charge in [0.15, 0.2) is 11.5 Å².